The average molecular weight is 448 g/mol. The Kier molecular flexibility index (Phi) is 5.17. The summed E-state index contributed by atoms with van der Waals surface area (Å²) in [6.45, 7) is 0. The maximum atomic E-state index is 13.0. The van der Waals surface area contributed by atoms with E-state index in [9.17, 15) is 13.2 Å². The number of methoxy groups -OCH3 is 2. The number of sulfone groups is 1. The third-order valence-electron chi connectivity index (χ3n) is 4.74. The molecule has 0 saturated carbocycles. The third kappa shape index (κ3) is 3.73. The molecule has 156 valence electrons. The lowest BCUT2D eigenvalue weighted by Crippen LogP contribution is -2.17. The zero-order valence-corrected chi connectivity index (χ0v) is 17.7. The highest BCUT2D eigenvalue weighted by atomic mass is 35.5. The first-order valence-electron chi connectivity index (χ1n) is 8.92. The van der Waals surface area contributed by atoms with Gasteiger partial charge < -0.3 is 14.8 Å². The Morgan fingerprint density at radius 3 is 2.43 bits per heavy atom. The highest BCUT2D eigenvalue weighted by Gasteiger charge is 2.33. The Bertz CT molecular complexity index is 1240. The molecule has 8 nitrogen and oxygen atoms in total. The first kappa shape index (κ1) is 20.2. The van der Waals surface area contributed by atoms with E-state index in [1.165, 1.54) is 18.9 Å². The largest absolute Gasteiger partial charge is 0.493 e. The molecule has 0 unspecified atom stereocenters. The number of fused-ring (bicyclic) bond motifs is 1. The van der Waals surface area contributed by atoms with E-state index in [0.717, 1.165) is 0 Å². The van der Waals surface area contributed by atoms with Crippen molar-refractivity contribution in [3.63, 3.8) is 0 Å². The highest BCUT2D eigenvalue weighted by molar-refractivity contribution is 7.90. The van der Waals surface area contributed by atoms with Crippen LogP contribution in [0, 0.1) is 0 Å². The Morgan fingerprint density at radius 2 is 1.77 bits per heavy atom. The Balaban J connectivity index is 1.74. The van der Waals surface area contributed by atoms with Crippen LogP contribution in [0.4, 0.5) is 5.82 Å². The van der Waals surface area contributed by atoms with E-state index in [4.69, 9.17) is 21.1 Å². The van der Waals surface area contributed by atoms with Crippen LogP contribution in [0.1, 0.15) is 21.6 Å². The van der Waals surface area contributed by atoms with E-state index in [1.54, 1.807) is 42.5 Å². The molecule has 0 aliphatic carbocycles. The van der Waals surface area contributed by atoms with Gasteiger partial charge in [0, 0.05) is 16.1 Å². The molecule has 0 spiro atoms. The summed E-state index contributed by atoms with van der Waals surface area (Å²) < 4.78 is 36.2. The minimum Gasteiger partial charge on any atom is -0.493 e. The molecule has 0 fully saturated rings. The number of carbonyl (C=O) groups excluding carboxylic acids is 1. The zero-order chi connectivity index (χ0) is 21.5. The van der Waals surface area contributed by atoms with Crippen molar-refractivity contribution in [2.75, 3.05) is 19.5 Å². The number of ether oxygens (including phenoxy) is 2. The minimum absolute atomic E-state index is 0.165. The fraction of sp³-hybridized carbons (Fsp3) is 0.200. The van der Waals surface area contributed by atoms with Gasteiger partial charge in [-0.25, -0.2) is 13.1 Å². The number of carbonyl (C=O) groups is 1. The number of rotatable bonds is 5. The fourth-order valence-electron chi connectivity index (χ4n) is 3.30. The summed E-state index contributed by atoms with van der Waals surface area (Å²) in [5.74, 6) is 0.433. The van der Waals surface area contributed by atoms with Gasteiger partial charge in [0.1, 0.15) is 5.82 Å². The van der Waals surface area contributed by atoms with Crippen LogP contribution in [0.2, 0.25) is 5.02 Å². The lowest BCUT2D eigenvalue weighted by Gasteiger charge is -2.13. The standard InChI is InChI=1S/C20H18ClN3O5S/c1-28-17-8-3-12(9-18(17)29-2)20(25)22-19-15-10-30(26,27)11-16(15)23-24(19)14-6-4-13(21)5-7-14/h3-9H,10-11H2,1-2H3,(H,22,25). The fourth-order valence-corrected chi connectivity index (χ4v) is 4.92. The number of nitrogens with one attached hydrogen (secondary N) is 1. The third-order valence-corrected chi connectivity index (χ3v) is 6.43. The maximum absolute atomic E-state index is 13.0. The van der Waals surface area contributed by atoms with Crippen LogP contribution in [-0.4, -0.2) is 38.3 Å². The quantitative estimate of drug-likeness (QED) is 0.644. The van der Waals surface area contributed by atoms with Crippen LogP contribution in [0.5, 0.6) is 11.5 Å². The van der Waals surface area contributed by atoms with Crippen LogP contribution < -0.4 is 14.8 Å². The van der Waals surface area contributed by atoms with E-state index in [-0.39, 0.29) is 11.5 Å². The second-order valence-electron chi connectivity index (χ2n) is 6.72. The van der Waals surface area contributed by atoms with Crippen molar-refractivity contribution in [1.29, 1.82) is 0 Å². The number of hydrogen-bond donors (Lipinski definition) is 1. The molecular weight excluding hydrogens is 430 g/mol. The molecule has 0 radical (unpaired) electrons. The topological polar surface area (TPSA) is 99.5 Å². The van der Waals surface area contributed by atoms with E-state index < -0.39 is 15.7 Å². The number of nitrogens with zero attached hydrogens (tertiary/aromatic N) is 2. The van der Waals surface area contributed by atoms with Crippen molar-refractivity contribution in [2.24, 2.45) is 0 Å². The monoisotopic (exact) mass is 447 g/mol. The average Bonchev–Trinajstić information content (AvgIpc) is 3.20. The molecule has 0 bridgehead atoms. The summed E-state index contributed by atoms with van der Waals surface area (Å²) in [6.07, 6.45) is 0. The van der Waals surface area contributed by atoms with Crippen molar-refractivity contribution in [3.8, 4) is 17.2 Å². The van der Waals surface area contributed by atoms with Crippen LogP contribution in [-0.2, 0) is 21.3 Å². The van der Waals surface area contributed by atoms with Crippen LogP contribution >= 0.6 is 11.6 Å². The molecule has 2 heterocycles. The predicted molar refractivity (Wildman–Crippen MR) is 112 cm³/mol. The van der Waals surface area contributed by atoms with Gasteiger partial charge in [-0.2, -0.15) is 5.10 Å². The van der Waals surface area contributed by atoms with Crippen molar-refractivity contribution in [1.82, 2.24) is 9.78 Å². The van der Waals surface area contributed by atoms with Gasteiger partial charge in [0.05, 0.1) is 37.1 Å². The molecule has 4 rings (SSSR count). The van der Waals surface area contributed by atoms with Gasteiger partial charge in [-0.1, -0.05) is 11.6 Å². The van der Waals surface area contributed by atoms with Gasteiger partial charge >= 0.3 is 0 Å². The van der Waals surface area contributed by atoms with Gasteiger partial charge in [-0.3, -0.25) is 4.79 Å². The van der Waals surface area contributed by atoms with Crippen molar-refractivity contribution < 1.29 is 22.7 Å². The van der Waals surface area contributed by atoms with E-state index >= 15 is 0 Å². The molecule has 1 aliphatic rings. The molecule has 1 amide bonds. The molecule has 1 aromatic heterocycles. The molecule has 2 aromatic carbocycles. The summed E-state index contributed by atoms with van der Waals surface area (Å²) >= 11 is 5.97. The normalized spacial score (nSPS) is 14.2. The number of amides is 1. The number of hydrogen-bond acceptors (Lipinski definition) is 6. The summed E-state index contributed by atoms with van der Waals surface area (Å²) in [5.41, 5.74) is 1.88. The first-order chi connectivity index (χ1) is 14.3. The van der Waals surface area contributed by atoms with Crippen molar-refractivity contribution >= 4 is 33.2 Å². The van der Waals surface area contributed by atoms with Crippen molar-refractivity contribution in [2.45, 2.75) is 11.5 Å². The number of benzene rings is 2. The van der Waals surface area contributed by atoms with Crippen molar-refractivity contribution in [3.05, 3.63) is 64.3 Å². The Morgan fingerprint density at radius 1 is 1.07 bits per heavy atom. The first-order valence-corrected chi connectivity index (χ1v) is 11.1. The van der Waals surface area contributed by atoms with Crippen LogP contribution in [0.15, 0.2) is 42.5 Å². The summed E-state index contributed by atoms with van der Waals surface area (Å²) in [4.78, 5) is 13.0. The van der Waals surface area contributed by atoms with Gasteiger partial charge in [-0.05, 0) is 42.5 Å². The minimum atomic E-state index is -3.30. The number of halogens is 1. The summed E-state index contributed by atoms with van der Waals surface area (Å²) in [6, 6.07) is 11.6. The van der Waals surface area contributed by atoms with E-state index in [1.807, 2.05) is 0 Å². The molecule has 3 aromatic rings. The predicted octanol–water partition coefficient (Wildman–Crippen LogP) is 3.22. The van der Waals surface area contributed by atoms with Crippen LogP contribution in [0.3, 0.4) is 0 Å². The molecule has 1 N–H and O–H groups in total. The van der Waals surface area contributed by atoms with Gasteiger partial charge in [-0.15, -0.1) is 0 Å². The number of aromatic nitrogens is 2. The highest BCUT2D eigenvalue weighted by Crippen LogP contribution is 2.34. The zero-order valence-electron chi connectivity index (χ0n) is 16.2. The summed E-state index contributed by atoms with van der Waals surface area (Å²) in [7, 11) is -0.310. The lowest BCUT2D eigenvalue weighted by molar-refractivity contribution is 0.102. The maximum Gasteiger partial charge on any atom is 0.256 e. The van der Waals surface area contributed by atoms with Gasteiger partial charge in [0.15, 0.2) is 21.3 Å². The second-order valence-corrected chi connectivity index (χ2v) is 9.22. The van der Waals surface area contributed by atoms with Gasteiger partial charge in [0.2, 0.25) is 0 Å². The Hall–Kier alpha value is -3.04. The lowest BCUT2D eigenvalue weighted by atomic mass is 10.2. The number of anilines is 1. The second kappa shape index (κ2) is 7.66. The van der Waals surface area contributed by atoms with E-state index in [2.05, 4.69) is 10.4 Å². The molecule has 30 heavy (non-hydrogen) atoms. The molecule has 1 aliphatic heterocycles. The molecule has 10 heteroatoms. The smallest absolute Gasteiger partial charge is 0.256 e. The SMILES string of the molecule is COc1ccc(C(=O)Nc2c3c(nn2-c2ccc(Cl)cc2)CS(=O)(=O)C3)cc1OC. The Labute approximate surface area is 178 Å². The molecular formula is C20H18ClN3O5S. The van der Waals surface area contributed by atoms with E-state index in [0.29, 0.717) is 44.8 Å². The van der Waals surface area contributed by atoms with Crippen LogP contribution in [0.25, 0.3) is 5.69 Å². The summed E-state index contributed by atoms with van der Waals surface area (Å²) in [5, 5.41) is 7.80. The molecule has 0 saturated heterocycles. The molecule has 0 atom stereocenters. The van der Waals surface area contributed by atoms with Gasteiger partial charge in [0.25, 0.3) is 5.91 Å².